The van der Waals surface area contributed by atoms with Crippen molar-refractivity contribution in [2.24, 2.45) is 5.73 Å². The predicted octanol–water partition coefficient (Wildman–Crippen LogP) is 2.68. The molecular weight excluding hydrogens is 260 g/mol. The zero-order valence-electron chi connectivity index (χ0n) is 10.2. The molecule has 0 spiro atoms. The van der Waals surface area contributed by atoms with Crippen molar-refractivity contribution in [3.05, 3.63) is 29.1 Å². The van der Waals surface area contributed by atoms with E-state index in [1.54, 1.807) is 11.3 Å². The maximum atomic E-state index is 5.47. The van der Waals surface area contributed by atoms with Gasteiger partial charge in [0, 0.05) is 11.5 Å². The van der Waals surface area contributed by atoms with E-state index in [0.717, 1.165) is 11.1 Å². The third-order valence-electron chi connectivity index (χ3n) is 3.23. The van der Waals surface area contributed by atoms with E-state index in [4.69, 9.17) is 15.2 Å². The zero-order chi connectivity index (χ0) is 12.8. The lowest BCUT2D eigenvalue weighted by molar-refractivity contribution is 0.380. The Kier molecular flexibility index (Phi) is 2.39. The minimum atomic E-state index is 0.262. The summed E-state index contributed by atoms with van der Waals surface area (Å²) in [7, 11) is 0. The molecule has 1 aromatic carbocycles. The van der Waals surface area contributed by atoms with Gasteiger partial charge in [0.25, 0.3) is 0 Å². The maximum absolute atomic E-state index is 5.47. The van der Waals surface area contributed by atoms with E-state index in [2.05, 4.69) is 16.2 Å². The van der Waals surface area contributed by atoms with E-state index in [1.165, 1.54) is 22.5 Å². The Bertz CT molecular complexity index is 744. The van der Waals surface area contributed by atoms with Crippen molar-refractivity contribution in [3.63, 3.8) is 0 Å². The van der Waals surface area contributed by atoms with Gasteiger partial charge in [-0.3, -0.25) is 0 Å². The first-order chi connectivity index (χ1) is 9.33. The van der Waals surface area contributed by atoms with Crippen molar-refractivity contribution in [3.8, 4) is 11.4 Å². The SMILES string of the molecule is NCc1nc(-c2ccc3sc(C4CC4)nc3c2)no1. The molecule has 19 heavy (non-hydrogen) atoms. The van der Waals surface area contributed by atoms with Gasteiger partial charge in [0.2, 0.25) is 11.7 Å². The van der Waals surface area contributed by atoms with Crippen molar-refractivity contribution in [1.82, 2.24) is 15.1 Å². The van der Waals surface area contributed by atoms with Crippen LogP contribution in [0, 0.1) is 0 Å². The summed E-state index contributed by atoms with van der Waals surface area (Å²) in [6.45, 7) is 0.262. The lowest BCUT2D eigenvalue weighted by Gasteiger charge is -1.93. The van der Waals surface area contributed by atoms with Crippen LogP contribution in [0.1, 0.15) is 29.7 Å². The van der Waals surface area contributed by atoms with E-state index in [0.29, 0.717) is 17.6 Å². The van der Waals surface area contributed by atoms with Crippen LogP contribution in [0.2, 0.25) is 0 Å². The molecule has 2 heterocycles. The topological polar surface area (TPSA) is 77.8 Å². The van der Waals surface area contributed by atoms with Crippen LogP contribution in [0.15, 0.2) is 22.7 Å². The highest BCUT2D eigenvalue weighted by molar-refractivity contribution is 7.18. The summed E-state index contributed by atoms with van der Waals surface area (Å²) in [4.78, 5) is 8.93. The van der Waals surface area contributed by atoms with Gasteiger partial charge in [-0.2, -0.15) is 4.98 Å². The number of fused-ring (bicyclic) bond motifs is 1. The fourth-order valence-electron chi connectivity index (χ4n) is 2.04. The van der Waals surface area contributed by atoms with Gasteiger partial charge in [0.1, 0.15) is 0 Å². The summed E-state index contributed by atoms with van der Waals surface area (Å²) in [6.07, 6.45) is 2.55. The first kappa shape index (κ1) is 11.1. The molecule has 2 aromatic heterocycles. The average Bonchev–Trinajstić information content (AvgIpc) is 3.03. The normalized spacial score (nSPS) is 15.2. The molecule has 1 saturated carbocycles. The Labute approximate surface area is 113 Å². The summed E-state index contributed by atoms with van der Waals surface area (Å²) < 4.78 is 6.25. The Morgan fingerprint density at radius 1 is 1.32 bits per heavy atom. The molecule has 1 aliphatic rings. The molecule has 0 bridgehead atoms. The molecule has 2 N–H and O–H groups in total. The minimum absolute atomic E-state index is 0.262. The minimum Gasteiger partial charge on any atom is -0.338 e. The van der Waals surface area contributed by atoms with E-state index in [1.807, 2.05) is 12.1 Å². The van der Waals surface area contributed by atoms with Gasteiger partial charge >= 0.3 is 0 Å². The third kappa shape index (κ3) is 1.93. The van der Waals surface area contributed by atoms with Crippen molar-refractivity contribution in [1.29, 1.82) is 0 Å². The summed E-state index contributed by atoms with van der Waals surface area (Å²) >= 11 is 1.79. The highest BCUT2D eigenvalue weighted by Gasteiger charge is 2.27. The smallest absolute Gasteiger partial charge is 0.240 e. The molecular formula is C13H12N4OS. The number of nitrogens with two attached hydrogens (primary N) is 1. The van der Waals surface area contributed by atoms with E-state index >= 15 is 0 Å². The highest BCUT2D eigenvalue weighted by Crippen LogP contribution is 2.43. The molecule has 5 nitrogen and oxygen atoms in total. The molecule has 0 unspecified atom stereocenters. The summed E-state index contributed by atoms with van der Waals surface area (Å²) in [6, 6.07) is 6.10. The lowest BCUT2D eigenvalue weighted by Crippen LogP contribution is -1.95. The van der Waals surface area contributed by atoms with Crippen LogP contribution in [0.25, 0.3) is 21.6 Å². The second-order valence-electron chi connectivity index (χ2n) is 4.72. The van der Waals surface area contributed by atoms with Gasteiger partial charge in [-0.1, -0.05) is 5.16 Å². The summed E-state index contributed by atoms with van der Waals surface area (Å²) in [5.74, 6) is 1.71. The Balaban J connectivity index is 1.77. The van der Waals surface area contributed by atoms with E-state index in [9.17, 15) is 0 Å². The third-order valence-corrected chi connectivity index (χ3v) is 4.43. The van der Waals surface area contributed by atoms with Crippen LogP contribution >= 0.6 is 11.3 Å². The molecule has 96 valence electrons. The van der Waals surface area contributed by atoms with Crippen molar-refractivity contribution in [2.75, 3.05) is 0 Å². The Morgan fingerprint density at radius 3 is 2.95 bits per heavy atom. The van der Waals surface area contributed by atoms with Crippen LogP contribution in [0.3, 0.4) is 0 Å². The molecule has 0 amide bonds. The number of hydrogen-bond donors (Lipinski definition) is 1. The van der Waals surface area contributed by atoms with Crippen LogP contribution < -0.4 is 5.73 Å². The fraction of sp³-hybridized carbons (Fsp3) is 0.308. The molecule has 6 heteroatoms. The molecule has 4 rings (SSSR count). The highest BCUT2D eigenvalue weighted by atomic mass is 32.1. The fourth-order valence-corrected chi connectivity index (χ4v) is 3.16. The van der Waals surface area contributed by atoms with Crippen LogP contribution in [0.4, 0.5) is 0 Å². The number of hydrogen-bond acceptors (Lipinski definition) is 6. The van der Waals surface area contributed by atoms with Gasteiger partial charge in [-0.25, -0.2) is 4.98 Å². The molecule has 1 fully saturated rings. The van der Waals surface area contributed by atoms with Gasteiger partial charge in [0.05, 0.1) is 21.8 Å². The van der Waals surface area contributed by atoms with Gasteiger partial charge in [-0.15, -0.1) is 11.3 Å². The monoisotopic (exact) mass is 272 g/mol. The lowest BCUT2D eigenvalue weighted by atomic mass is 10.2. The second kappa shape index (κ2) is 4.11. The molecule has 1 aliphatic carbocycles. The average molecular weight is 272 g/mol. The van der Waals surface area contributed by atoms with Crippen molar-refractivity contribution in [2.45, 2.75) is 25.3 Å². The summed E-state index contributed by atoms with van der Waals surface area (Å²) in [5.41, 5.74) is 7.41. The maximum Gasteiger partial charge on any atom is 0.240 e. The first-order valence-electron chi connectivity index (χ1n) is 6.27. The van der Waals surface area contributed by atoms with E-state index < -0.39 is 0 Å². The standard InChI is InChI=1S/C13H12N4OS/c14-6-11-16-12(17-18-11)8-3-4-10-9(5-8)15-13(19-10)7-1-2-7/h3-5,7H,1-2,6,14H2. The zero-order valence-corrected chi connectivity index (χ0v) is 11.0. The van der Waals surface area contributed by atoms with Crippen LogP contribution in [-0.2, 0) is 6.54 Å². The van der Waals surface area contributed by atoms with E-state index in [-0.39, 0.29) is 6.54 Å². The number of rotatable bonds is 3. The molecule has 0 atom stereocenters. The van der Waals surface area contributed by atoms with Gasteiger partial charge in [0.15, 0.2) is 0 Å². The number of nitrogens with zero attached hydrogens (tertiary/aromatic N) is 3. The predicted molar refractivity (Wildman–Crippen MR) is 72.8 cm³/mol. The van der Waals surface area contributed by atoms with Crippen molar-refractivity contribution < 1.29 is 4.52 Å². The van der Waals surface area contributed by atoms with Crippen LogP contribution in [-0.4, -0.2) is 15.1 Å². The second-order valence-corrected chi connectivity index (χ2v) is 5.79. The molecule has 0 aliphatic heterocycles. The molecule has 0 saturated heterocycles. The number of benzene rings is 1. The van der Waals surface area contributed by atoms with Gasteiger partial charge in [-0.05, 0) is 31.0 Å². The molecule has 0 radical (unpaired) electrons. The van der Waals surface area contributed by atoms with Crippen molar-refractivity contribution >= 4 is 21.6 Å². The largest absolute Gasteiger partial charge is 0.338 e. The molecule has 3 aromatic rings. The van der Waals surface area contributed by atoms with Gasteiger partial charge < -0.3 is 10.3 Å². The number of aromatic nitrogens is 3. The number of thiazole rings is 1. The first-order valence-corrected chi connectivity index (χ1v) is 7.08. The Hall–Kier alpha value is -1.79. The quantitative estimate of drug-likeness (QED) is 0.793. The Morgan fingerprint density at radius 2 is 2.21 bits per heavy atom. The van der Waals surface area contributed by atoms with Crippen LogP contribution in [0.5, 0.6) is 0 Å². The summed E-state index contributed by atoms with van der Waals surface area (Å²) in [5, 5.41) is 5.18.